The molecule has 0 aromatic heterocycles. The molecule has 0 spiro atoms. The molecule has 16 heavy (non-hydrogen) atoms. The fourth-order valence-corrected chi connectivity index (χ4v) is 1.47. The molecule has 0 fully saturated rings. The predicted molar refractivity (Wildman–Crippen MR) is 61.6 cm³/mol. The minimum absolute atomic E-state index is 0.0538. The molecule has 1 unspecified atom stereocenters. The van der Waals surface area contributed by atoms with Crippen LogP contribution in [-0.2, 0) is 4.74 Å². The maximum absolute atomic E-state index is 13.5. The van der Waals surface area contributed by atoms with E-state index in [1.807, 2.05) is 0 Å². The lowest BCUT2D eigenvalue weighted by molar-refractivity contribution is 0.0791. The monoisotopic (exact) mass is 247 g/mol. The van der Waals surface area contributed by atoms with Crippen LogP contribution in [0.4, 0.5) is 4.39 Å². The van der Waals surface area contributed by atoms with E-state index in [-0.39, 0.29) is 16.9 Å². The summed E-state index contributed by atoms with van der Waals surface area (Å²) in [6.45, 7) is 0.951. The molecule has 0 aliphatic heterocycles. The molecule has 5 heteroatoms. The van der Waals surface area contributed by atoms with Gasteiger partial charge in [0.2, 0.25) is 0 Å². The first-order valence-corrected chi connectivity index (χ1v) is 5.31. The molecule has 3 nitrogen and oxygen atoms in total. The van der Waals surface area contributed by atoms with E-state index in [1.54, 1.807) is 26.3 Å². The molecular formula is C11H15ClFNO2. The smallest absolute Gasteiger partial charge is 0.183 e. The Hall–Kier alpha value is -0.840. The molecule has 0 saturated carbocycles. The second kappa shape index (κ2) is 6.68. The SMILES string of the molecule is CNCC(COC)Oc1cccc(Cl)c1F. The molecule has 1 aromatic rings. The fourth-order valence-electron chi connectivity index (χ4n) is 1.30. The van der Waals surface area contributed by atoms with Gasteiger partial charge in [-0.3, -0.25) is 0 Å². The molecule has 1 N–H and O–H groups in total. The second-order valence-electron chi connectivity index (χ2n) is 3.30. The van der Waals surface area contributed by atoms with Gasteiger partial charge >= 0.3 is 0 Å². The number of benzene rings is 1. The second-order valence-corrected chi connectivity index (χ2v) is 3.71. The van der Waals surface area contributed by atoms with Crippen molar-refractivity contribution in [2.75, 3.05) is 27.3 Å². The maximum atomic E-state index is 13.5. The lowest BCUT2D eigenvalue weighted by Gasteiger charge is -2.18. The molecule has 0 aliphatic rings. The van der Waals surface area contributed by atoms with Crippen LogP contribution in [0.3, 0.4) is 0 Å². The topological polar surface area (TPSA) is 30.5 Å². The highest BCUT2D eigenvalue weighted by atomic mass is 35.5. The van der Waals surface area contributed by atoms with Crippen molar-refractivity contribution in [2.24, 2.45) is 0 Å². The Morgan fingerprint density at radius 1 is 1.50 bits per heavy atom. The van der Waals surface area contributed by atoms with Gasteiger partial charge in [0.25, 0.3) is 0 Å². The molecule has 90 valence electrons. The Morgan fingerprint density at radius 3 is 2.88 bits per heavy atom. The van der Waals surface area contributed by atoms with E-state index >= 15 is 0 Å². The third kappa shape index (κ3) is 3.63. The molecule has 1 aromatic carbocycles. The van der Waals surface area contributed by atoms with Crippen LogP contribution >= 0.6 is 11.6 Å². The summed E-state index contributed by atoms with van der Waals surface area (Å²) in [4.78, 5) is 0. The summed E-state index contributed by atoms with van der Waals surface area (Å²) >= 11 is 5.65. The van der Waals surface area contributed by atoms with Gasteiger partial charge in [-0.2, -0.15) is 0 Å². The van der Waals surface area contributed by atoms with Gasteiger partial charge in [-0.05, 0) is 19.2 Å². The van der Waals surface area contributed by atoms with Gasteiger partial charge in [0.1, 0.15) is 6.10 Å². The Labute approximate surface area is 99.5 Å². The Morgan fingerprint density at radius 2 is 2.25 bits per heavy atom. The minimum Gasteiger partial charge on any atom is -0.484 e. The van der Waals surface area contributed by atoms with E-state index in [1.165, 1.54) is 6.07 Å². The summed E-state index contributed by atoms with van der Waals surface area (Å²) in [5.41, 5.74) is 0. The van der Waals surface area contributed by atoms with Gasteiger partial charge in [0, 0.05) is 13.7 Å². The molecule has 0 saturated heterocycles. The third-order valence-electron chi connectivity index (χ3n) is 1.99. The van der Waals surface area contributed by atoms with Crippen molar-refractivity contribution in [2.45, 2.75) is 6.10 Å². The zero-order chi connectivity index (χ0) is 12.0. The average Bonchev–Trinajstić information content (AvgIpc) is 2.25. The quantitative estimate of drug-likeness (QED) is 0.835. The third-order valence-corrected chi connectivity index (χ3v) is 2.29. The Balaban J connectivity index is 2.72. The van der Waals surface area contributed by atoms with Crippen molar-refractivity contribution < 1.29 is 13.9 Å². The number of hydrogen-bond donors (Lipinski definition) is 1. The highest BCUT2D eigenvalue weighted by Crippen LogP contribution is 2.24. The highest BCUT2D eigenvalue weighted by molar-refractivity contribution is 6.30. The molecule has 1 rings (SSSR count). The van der Waals surface area contributed by atoms with Crippen LogP contribution in [0.2, 0.25) is 5.02 Å². The van der Waals surface area contributed by atoms with E-state index in [4.69, 9.17) is 21.1 Å². The van der Waals surface area contributed by atoms with E-state index in [0.717, 1.165) is 0 Å². The Kier molecular flexibility index (Phi) is 5.52. The standard InChI is InChI=1S/C11H15ClFNO2/c1-14-6-8(7-15-2)16-10-5-3-4-9(12)11(10)13/h3-5,8,14H,6-7H2,1-2H3. The van der Waals surface area contributed by atoms with Crippen molar-refractivity contribution in [1.82, 2.24) is 5.32 Å². The summed E-state index contributed by atoms with van der Waals surface area (Å²) in [6.07, 6.45) is -0.247. The van der Waals surface area contributed by atoms with Crippen LogP contribution in [0.5, 0.6) is 5.75 Å². The summed E-state index contributed by atoms with van der Waals surface area (Å²) < 4.78 is 24.0. The van der Waals surface area contributed by atoms with Crippen molar-refractivity contribution in [3.05, 3.63) is 29.0 Å². The number of ether oxygens (including phenoxy) is 2. The van der Waals surface area contributed by atoms with Crippen LogP contribution in [0.15, 0.2) is 18.2 Å². The lowest BCUT2D eigenvalue weighted by Crippen LogP contribution is -2.33. The molecule has 0 aliphatic carbocycles. The predicted octanol–water partition coefficient (Wildman–Crippen LogP) is 2.09. The molecular weight excluding hydrogens is 233 g/mol. The normalized spacial score (nSPS) is 12.5. The van der Waals surface area contributed by atoms with Crippen molar-refractivity contribution in [3.63, 3.8) is 0 Å². The van der Waals surface area contributed by atoms with E-state index in [9.17, 15) is 4.39 Å². The lowest BCUT2D eigenvalue weighted by atomic mass is 10.3. The first-order valence-electron chi connectivity index (χ1n) is 4.93. The van der Waals surface area contributed by atoms with E-state index in [0.29, 0.717) is 13.2 Å². The van der Waals surface area contributed by atoms with Crippen molar-refractivity contribution in [1.29, 1.82) is 0 Å². The van der Waals surface area contributed by atoms with Gasteiger partial charge in [-0.15, -0.1) is 0 Å². The molecule has 1 atom stereocenters. The molecule has 0 heterocycles. The van der Waals surface area contributed by atoms with Crippen molar-refractivity contribution >= 4 is 11.6 Å². The van der Waals surface area contributed by atoms with Crippen LogP contribution in [0.1, 0.15) is 0 Å². The number of halogens is 2. The highest BCUT2D eigenvalue weighted by Gasteiger charge is 2.13. The van der Waals surface area contributed by atoms with Gasteiger partial charge in [0.15, 0.2) is 11.6 Å². The minimum atomic E-state index is -0.540. The van der Waals surface area contributed by atoms with Crippen LogP contribution in [0, 0.1) is 5.82 Å². The van der Waals surface area contributed by atoms with Crippen LogP contribution in [0.25, 0.3) is 0 Å². The number of rotatable bonds is 6. The fraction of sp³-hybridized carbons (Fsp3) is 0.455. The molecule has 0 amide bonds. The average molecular weight is 248 g/mol. The van der Waals surface area contributed by atoms with Gasteiger partial charge in [0.05, 0.1) is 11.6 Å². The number of likely N-dealkylation sites (N-methyl/N-ethyl adjacent to an activating group) is 1. The van der Waals surface area contributed by atoms with Crippen molar-refractivity contribution in [3.8, 4) is 5.75 Å². The first-order chi connectivity index (χ1) is 7.69. The molecule has 0 bridgehead atoms. The zero-order valence-corrected chi connectivity index (χ0v) is 10.1. The number of methoxy groups -OCH3 is 1. The maximum Gasteiger partial charge on any atom is 0.183 e. The van der Waals surface area contributed by atoms with Crippen LogP contribution < -0.4 is 10.1 Å². The number of nitrogens with one attached hydrogen (secondary N) is 1. The van der Waals surface area contributed by atoms with E-state index < -0.39 is 5.82 Å². The largest absolute Gasteiger partial charge is 0.484 e. The summed E-state index contributed by atoms with van der Waals surface area (Å²) in [5, 5.41) is 3.00. The van der Waals surface area contributed by atoms with Gasteiger partial charge in [-0.25, -0.2) is 4.39 Å². The summed E-state index contributed by atoms with van der Waals surface area (Å²) in [5.74, 6) is -0.397. The zero-order valence-electron chi connectivity index (χ0n) is 9.30. The summed E-state index contributed by atoms with van der Waals surface area (Å²) in [6, 6.07) is 4.66. The van der Waals surface area contributed by atoms with Gasteiger partial charge < -0.3 is 14.8 Å². The van der Waals surface area contributed by atoms with Gasteiger partial charge in [-0.1, -0.05) is 17.7 Å². The number of hydrogen-bond acceptors (Lipinski definition) is 3. The Bertz CT molecular complexity index is 330. The first kappa shape index (κ1) is 13.2. The molecule has 0 radical (unpaired) electrons. The van der Waals surface area contributed by atoms with Crippen LogP contribution in [-0.4, -0.2) is 33.4 Å². The summed E-state index contributed by atoms with van der Waals surface area (Å²) in [7, 11) is 3.36. The van der Waals surface area contributed by atoms with E-state index in [2.05, 4.69) is 5.32 Å².